The van der Waals surface area contributed by atoms with Crippen LogP contribution in [0.25, 0.3) is 10.2 Å². The lowest BCUT2D eigenvalue weighted by atomic mass is 10.1. The van der Waals surface area contributed by atoms with Crippen LogP contribution in [-0.4, -0.2) is 22.7 Å². The molecular formula is C16H12F6N4S. The number of halogens is 6. The molecule has 0 amide bonds. The molecule has 0 saturated carbocycles. The van der Waals surface area contributed by atoms with Gasteiger partial charge in [-0.3, -0.25) is 0 Å². The van der Waals surface area contributed by atoms with Crippen molar-refractivity contribution in [3.8, 4) is 0 Å². The second-order valence-corrected chi connectivity index (χ2v) is 6.42. The van der Waals surface area contributed by atoms with Crippen molar-refractivity contribution < 1.29 is 26.3 Å². The molecule has 1 aromatic carbocycles. The van der Waals surface area contributed by atoms with Crippen molar-refractivity contribution in [2.75, 3.05) is 17.2 Å². The maximum Gasteiger partial charge on any atom is 0.416 e. The van der Waals surface area contributed by atoms with E-state index in [2.05, 4.69) is 20.6 Å². The van der Waals surface area contributed by atoms with E-state index in [0.717, 1.165) is 6.07 Å². The highest BCUT2D eigenvalue weighted by Gasteiger charge is 2.32. The first kappa shape index (κ1) is 19.2. The predicted molar refractivity (Wildman–Crippen MR) is 90.7 cm³/mol. The third kappa shape index (κ3) is 4.79. The minimum Gasteiger partial charge on any atom is -0.365 e. The van der Waals surface area contributed by atoms with Gasteiger partial charge in [0, 0.05) is 6.54 Å². The lowest BCUT2D eigenvalue weighted by Crippen LogP contribution is -2.22. The van der Waals surface area contributed by atoms with E-state index in [9.17, 15) is 26.3 Å². The Morgan fingerprint density at radius 1 is 0.926 bits per heavy atom. The average Bonchev–Trinajstić information content (AvgIpc) is 3.05. The predicted octanol–water partition coefficient (Wildman–Crippen LogP) is 5.30. The molecular weight excluding hydrogens is 394 g/mol. The average molecular weight is 406 g/mol. The lowest BCUT2D eigenvalue weighted by molar-refractivity contribution is -0.138. The van der Waals surface area contributed by atoms with E-state index < -0.39 is 24.5 Å². The first-order valence-corrected chi connectivity index (χ1v) is 8.46. The van der Waals surface area contributed by atoms with Gasteiger partial charge in [-0.1, -0.05) is 18.2 Å². The number of thiophene rings is 1. The summed E-state index contributed by atoms with van der Waals surface area (Å²) in [5, 5.41) is 6.52. The molecule has 0 atom stereocenters. The van der Waals surface area contributed by atoms with Crippen molar-refractivity contribution in [2.45, 2.75) is 18.9 Å². The monoisotopic (exact) mass is 406 g/mol. The molecule has 0 unspecified atom stereocenters. The Morgan fingerprint density at radius 3 is 2.37 bits per heavy atom. The summed E-state index contributed by atoms with van der Waals surface area (Å²) in [6.45, 7) is -1.52. The molecule has 144 valence electrons. The fourth-order valence-corrected chi connectivity index (χ4v) is 3.17. The van der Waals surface area contributed by atoms with Crippen molar-refractivity contribution in [1.29, 1.82) is 0 Å². The number of alkyl halides is 6. The van der Waals surface area contributed by atoms with Gasteiger partial charge >= 0.3 is 12.4 Å². The summed E-state index contributed by atoms with van der Waals surface area (Å²) < 4.78 is 76.9. The van der Waals surface area contributed by atoms with E-state index in [4.69, 9.17) is 0 Å². The third-order valence-corrected chi connectivity index (χ3v) is 4.43. The van der Waals surface area contributed by atoms with Crippen LogP contribution in [0.15, 0.2) is 35.7 Å². The quantitative estimate of drug-likeness (QED) is 0.565. The van der Waals surface area contributed by atoms with Gasteiger partial charge in [0.1, 0.15) is 12.4 Å². The van der Waals surface area contributed by atoms with Crippen molar-refractivity contribution in [2.24, 2.45) is 0 Å². The van der Waals surface area contributed by atoms with E-state index in [1.807, 2.05) is 0 Å². The Bertz CT molecular complexity index is 935. The van der Waals surface area contributed by atoms with Gasteiger partial charge in [0.2, 0.25) is 5.95 Å². The highest BCUT2D eigenvalue weighted by Crippen LogP contribution is 2.33. The van der Waals surface area contributed by atoms with Crippen molar-refractivity contribution >= 4 is 33.3 Å². The number of fused-ring (bicyclic) bond motifs is 1. The summed E-state index contributed by atoms with van der Waals surface area (Å²) in [6.07, 6.45) is -8.96. The Morgan fingerprint density at radius 2 is 1.67 bits per heavy atom. The van der Waals surface area contributed by atoms with Gasteiger partial charge in [-0.25, -0.2) is 4.98 Å². The molecule has 4 nitrogen and oxygen atoms in total. The first-order chi connectivity index (χ1) is 12.6. The van der Waals surface area contributed by atoms with Crippen LogP contribution in [0.2, 0.25) is 0 Å². The minimum absolute atomic E-state index is 0.00174. The van der Waals surface area contributed by atoms with Gasteiger partial charge in [0.05, 0.1) is 15.8 Å². The zero-order chi connectivity index (χ0) is 19.7. The molecule has 27 heavy (non-hydrogen) atoms. The van der Waals surface area contributed by atoms with Gasteiger partial charge < -0.3 is 10.6 Å². The van der Waals surface area contributed by atoms with Crippen LogP contribution in [0.1, 0.15) is 11.1 Å². The highest BCUT2D eigenvalue weighted by atomic mass is 32.1. The van der Waals surface area contributed by atoms with Crippen molar-refractivity contribution in [3.05, 3.63) is 46.8 Å². The zero-order valence-corrected chi connectivity index (χ0v) is 14.3. The van der Waals surface area contributed by atoms with Gasteiger partial charge in [-0.05, 0) is 23.1 Å². The molecule has 0 aliphatic heterocycles. The van der Waals surface area contributed by atoms with Crippen LogP contribution < -0.4 is 10.6 Å². The number of anilines is 2. The number of hydrogen-bond acceptors (Lipinski definition) is 5. The highest BCUT2D eigenvalue weighted by molar-refractivity contribution is 7.17. The molecule has 2 aromatic heterocycles. The molecule has 11 heteroatoms. The van der Waals surface area contributed by atoms with Gasteiger partial charge in [0.25, 0.3) is 0 Å². The Balaban J connectivity index is 1.86. The smallest absolute Gasteiger partial charge is 0.365 e. The fraction of sp³-hybridized carbons (Fsp3) is 0.250. The summed E-state index contributed by atoms with van der Waals surface area (Å²) in [5.74, 6) is -0.0958. The van der Waals surface area contributed by atoms with Crippen LogP contribution in [0.5, 0.6) is 0 Å². The maximum absolute atomic E-state index is 13.1. The SMILES string of the molecule is FC(F)(F)CNc1nc(NCc2ccccc2C(F)(F)F)c2sccc2n1. The van der Waals surface area contributed by atoms with Gasteiger partial charge in [0.15, 0.2) is 0 Å². The van der Waals surface area contributed by atoms with E-state index in [1.165, 1.54) is 29.5 Å². The molecule has 0 aliphatic carbocycles. The maximum atomic E-state index is 13.1. The largest absolute Gasteiger partial charge is 0.416 e. The topological polar surface area (TPSA) is 49.8 Å². The number of nitrogens with zero attached hydrogens (tertiary/aromatic N) is 2. The van der Waals surface area contributed by atoms with Crippen LogP contribution in [0.3, 0.4) is 0 Å². The summed E-state index contributed by atoms with van der Waals surface area (Å²) >= 11 is 1.23. The fourth-order valence-electron chi connectivity index (χ4n) is 2.37. The van der Waals surface area contributed by atoms with E-state index >= 15 is 0 Å². The van der Waals surface area contributed by atoms with Crippen LogP contribution in [0.4, 0.5) is 38.1 Å². The van der Waals surface area contributed by atoms with Crippen LogP contribution in [-0.2, 0) is 12.7 Å². The molecule has 0 bridgehead atoms. The standard InChI is InChI=1S/C16H12F6N4S/c17-15(18,19)8-24-14-25-11-5-6-27-12(11)13(26-14)23-7-9-3-1-2-4-10(9)16(20,21)22/h1-6H,7-8H2,(H2,23,24,25,26). The Labute approximate surface area is 153 Å². The summed E-state index contributed by atoms with van der Waals surface area (Å²) in [7, 11) is 0. The van der Waals surface area contributed by atoms with Crippen LogP contribution >= 0.6 is 11.3 Å². The summed E-state index contributed by atoms with van der Waals surface area (Å²) in [4.78, 5) is 7.96. The lowest BCUT2D eigenvalue weighted by Gasteiger charge is -2.14. The Hall–Kier alpha value is -2.56. The number of hydrogen-bond donors (Lipinski definition) is 2. The first-order valence-electron chi connectivity index (χ1n) is 7.58. The number of nitrogens with one attached hydrogen (secondary N) is 2. The van der Waals surface area contributed by atoms with Crippen molar-refractivity contribution in [3.63, 3.8) is 0 Å². The Kier molecular flexibility index (Phi) is 5.13. The van der Waals surface area contributed by atoms with Gasteiger partial charge in [-0.15, -0.1) is 11.3 Å². The molecule has 0 fully saturated rings. The van der Waals surface area contributed by atoms with E-state index in [1.54, 1.807) is 11.4 Å². The molecule has 0 saturated heterocycles. The second-order valence-electron chi connectivity index (χ2n) is 5.51. The molecule has 2 heterocycles. The normalized spacial score (nSPS) is 12.4. The number of rotatable bonds is 5. The molecule has 0 radical (unpaired) electrons. The second kappa shape index (κ2) is 7.22. The molecule has 2 N–H and O–H groups in total. The van der Waals surface area contributed by atoms with E-state index in [-0.39, 0.29) is 23.9 Å². The van der Waals surface area contributed by atoms with E-state index in [0.29, 0.717) is 10.2 Å². The number of aromatic nitrogens is 2. The third-order valence-electron chi connectivity index (χ3n) is 3.52. The molecule has 0 spiro atoms. The summed E-state index contributed by atoms with van der Waals surface area (Å²) in [6, 6.07) is 6.64. The molecule has 3 aromatic rings. The summed E-state index contributed by atoms with van der Waals surface area (Å²) in [5.41, 5.74) is -0.395. The molecule has 3 rings (SSSR count). The van der Waals surface area contributed by atoms with Crippen LogP contribution in [0, 0.1) is 0 Å². The number of benzene rings is 1. The zero-order valence-electron chi connectivity index (χ0n) is 13.4. The molecule has 0 aliphatic rings. The van der Waals surface area contributed by atoms with Gasteiger partial charge in [-0.2, -0.15) is 31.3 Å². The minimum atomic E-state index is -4.51. The van der Waals surface area contributed by atoms with Crippen molar-refractivity contribution in [1.82, 2.24) is 9.97 Å².